The molecule has 0 aromatic carbocycles. The lowest BCUT2D eigenvalue weighted by Gasteiger charge is -2.53. The molecule has 2 aliphatic rings. The van der Waals surface area contributed by atoms with Gasteiger partial charge in [-0.2, -0.15) is 0 Å². The average Bonchev–Trinajstić information content (AvgIpc) is 2.89. The highest BCUT2D eigenvalue weighted by Crippen LogP contribution is 2.61. The van der Waals surface area contributed by atoms with Crippen molar-refractivity contribution in [3.05, 3.63) is 23.2 Å². The Kier molecular flexibility index (Phi) is 4.56. The molecule has 0 saturated heterocycles. The predicted octanol–water partition coefficient (Wildman–Crippen LogP) is 3.89. The molecule has 1 aromatic heterocycles. The number of ether oxygens (including phenoxy) is 1. The number of Topliss-reactive ketones (excluding diaryl/α,β-unsaturated/α-hetero) is 1. The fourth-order valence-corrected chi connectivity index (χ4v) is 4.62. The average molecular weight is 348 g/mol. The van der Waals surface area contributed by atoms with Gasteiger partial charge in [0.25, 0.3) is 0 Å². The van der Waals surface area contributed by atoms with Gasteiger partial charge in [0, 0.05) is 23.8 Å². The van der Waals surface area contributed by atoms with Gasteiger partial charge in [0.15, 0.2) is 0 Å². The van der Waals surface area contributed by atoms with Crippen molar-refractivity contribution < 1.29 is 23.8 Å². The number of esters is 1. The summed E-state index contributed by atoms with van der Waals surface area (Å²) < 4.78 is 11.5. The first-order valence-electron chi connectivity index (χ1n) is 9.16. The second-order valence-electron chi connectivity index (χ2n) is 8.36. The van der Waals surface area contributed by atoms with Gasteiger partial charge in [-0.25, -0.2) is 0 Å². The van der Waals surface area contributed by atoms with Crippen molar-refractivity contribution in [3.63, 3.8) is 0 Å². The van der Waals surface area contributed by atoms with Gasteiger partial charge in [0.1, 0.15) is 23.8 Å². The summed E-state index contributed by atoms with van der Waals surface area (Å²) in [6, 6.07) is 0. The number of aliphatic hydroxyl groups is 1. The van der Waals surface area contributed by atoms with Gasteiger partial charge in [-0.3, -0.25) is 9.59 Å². The first kappa shape index (κ1) is 18.2. The van der Waals surface area contributed by atoms with E-state index in [1.54, 1.807) is 6.26 Å². The van der Waals surface area contributed by atoms with E-state index < -0.39 is 23.5 Å². The minimum Gasteiger partial charge on any atom is -0.466 e. The summed E-state index contributed by atoms with van der Waals surface area (Å²) >= 11 is 0. The van der Waals surface area contributed by atoms with Crippen molar-refractivity contribution in [2.24, 2.45) is 23.2 Å². The maximum absolute atomic E-state index is 12.7. The number of rotatable bonds is 3. The minimum absolute atomic E-state index is 0.0257. The van der Waals surface area contributed by atoms with Gasteiger partial charge in [0.05, 0.1) is 12.2 Å². The van der Waals surface area contributed by atoms with E-state index in [-0.39, 0.29) is 23.6 Å². The third-order valence-corrected chi connectivity index (χ3v) is 6.19. The van der Waals surface area contributed by atoms with Gasteiger partial charge in [0.2, 0.25) is 0 Å². The Morgan fingerprint density at radius 1 is 1.48 bits per heavy atom. The molecule has 1 saturated carbocycles. The fraction of sp³-hybridized carbons (Fsp3) is 0.700. The number of ketones is 1. The van der Waals surface area contributed by atoms with Gasteiger partial charge < -0.3 is 14.3 Å². The molecule has 1 fully saturated rings. The zero-order chi connectivity index (χ0) is 18.5. The molecule has 3 rings (SSSR count). The molecule has 0 aliphatic heterocycles. The van der Waals surface area contributed by atoms with Crippen molar-refractivity contribution in [1.29, 1.82) is 0 Å². The molecule has 0 amide bonds. The topological polar surface area (TPSA) is 76.7 Å². The third kappa shape index (κ3) is 2.73. The van der Waals surface area contributed by atoms with Crippen LogP contribution in [-0.4, -0.2) is 16.9 Å². The number of aliphatic hydroxyl groups excluding tert-OH is 1. The Hall–Kier alpha value is -1.62. The summed E-state index contributed by atoms with van der Waals surface area (Å²) in [6.07, 6.45) is 1.54. The van der Waals surface area contributed by atoms with Crippen LogP contribution in [0.4, 0.5) is 0 Å². The Morgan fingerprint density at radius 2 is 2.16 bits per heavy atom. The van der Waals surface area contributed by atoms with Gasteiger partial charge >= 0.3 is 5.97 Å². The van der Waals surface area contributed by atoms with Crippen LogP contribution in [0.25, 0.3) is 0 Å². The predicted molar refractivity (Wildman–Crippen MR) is 91.7 cm³/mol. The van der Waals surface area contributed by atoms with Crippen LogP contribution in [0.5, 0.6) is 0 Å². The lowest BCUT2D eigenvalue weighted by molar-refractivity contribution is -0.184. The second kappa shape index (κ2) is 6.27. The van der Waals surface area contributed by atoms with Crippen LogP contribution in [0.3, 0.4) is 0 Å². The SMILES string of the molecule is Cc1coc2c1C(OC(=O)CC(C)C)C1(C)C(C)CCC(=O)C1C2O. The zero-order valence-corrected chi connectivity index (χ0v) is 15.7. The summed E-state index contributed by atoms with van der Waals surface area (Å²) in [7, 11) is 0. The van der Waals surface area contributed by atoms with Crippen LogP contribution >= 0.6 is 0 Å². The van der Waals surface area contributed by atoms with Gasteiger partial charge in [-0.15, -0.1) is 0 Å². The molecule has 1 heterocycles. The lowest BCUT2D eigenvalue weighted by Crippen LogP contribution is -2.53. The summed E-state index contributed by atoms with van der Waals surface area (Å²) in [4.78, 5) is 25.1. The Morgan fingerprint density at radius 3 is 2.80 bits per heavy atom. The molecule has 5 unspecified atom stereocenters. The van der Waals surface area contributed by atoms with Crippen LogP contribution in [-0.2, 0) is 14.3 Å². The molecule has 5 heteroatoms. The van der Waals surface area contributed by atoms with Crippen LogP contribution in [0.1, 0.15) is 76.1 Å². The minimum atomic E-state index is -0.982. The number of aryl methyl sites for hydroxylation is 1. The van der Waals surface area contributed by atoms with Crippen LogP contribution in [0.15, 0.2) is 10.7 Å². The van der Waals surface area contributed by atoms with Crippen molar-refractivity contribution in [2.45, 2.75) is 66.1 Å². The largest absolute Gasteiger partial charge is 0.466 e. The smallest absolute Gasteiger partial charge is 0.306 e. The zero-order valence-electron chi connectivity index (χ0n) is 15.7. The van der Waals surface area contributed by atoms with Gasteiger partial charge in [-0.1, -0.05) is 27.7 Å². The van der Waals surface area contributed by atoms with E-state index in [1.807, 2.05) is 27.7 Å². The maximum Gasteiger partial charge on any atom is 0.306 e. The summed E-state index contributed by atoms with van der Waals surface area (Å²) in [5.74, 6) is -0.133. The van der Waals surface area contributed by atoms with Crippen LogP contribution in [0, 0.1) is 30.1 Å². The maximum atomic E-state index is 12.7. The Balaban J connectivity index is 2.10. The molecular formula is C20H28O5. The Bertz CT molecular complexity index is 688. The highest BCUT2D eigenvalue weighted by Gasteiger charge is 2.61. The molecule has 2 aliphatic carbocycles. The van der Waals surface area contributed by atoms with E-state index in [1.165, 1.54) is 0 Å². The molecule has 25 heavy (non-hydrogen) atoms. The summed E-state index contributed by atoms with van der Waals surface area (Å²) in [5, 5.41) is 10.9. The number of hydrogen-bond donors (Lipinski definition) is 1. The monoisotopic (exact) mass is 348 g/mol. The number of fused-ring (bicyclic) bond motifs is 2. The number of furan rings is 1. The third-order valence-electron chi connectivity index (χ3n) is 6.19. The van der Waals surface area contributed by atoms with Gasteiger partial charge in [-0.05, 0) is 30.7 Å². The molecule has 138 valence electrons. The molecule has 1 aromatic rings. The highest BCUT2D eigenvalue weighted by atomic mass is 16.5. The molecule has 0 spiro atoms. The van der Waals surface area contributed by atoms with E-state index in [0.717, 1.165) is 17.5 Å². The Labute approximate surface area is 148 Å². The van der Waals surface area contributed by atoms with E-state index in [2.05, 4.69) is 6.92 Å². The van der Waals surface area contributed by atoms with E-state index in [4.69, 9.17) is 9.15 Å². The van der Waals surface area contributed by atoms with Crippen molar-refractivity contribution in [2.75, 3.05) is 0 Å². The quantitative estimate of drug-likeness (QED) is 0.839. The lowest BCUT2D eigenvalue weighted by atomic mass is 9.53. The first-order valence-corrected chi connectivity index (χ1v) is 9.16. The number of hydrogen-bond acceptors (Lipinski definition) is 5. The molecular weight excluding hydrogens is 320 g/mol. The van der Waals surface area contributed by atoms with Crippen molar-refractivity contribution >= 4 is 11.8 Å². The second-order valence-corrected chi connectivity index (χ2v) is 8.36. The molecule has 0 radical (unpaired) electrons. The van der Waals surface area contributed by atoms with Crippen molar-refractivity contribution in [1.82, 2.24) is 0 Å². The van der Waals surface area contributed by atoms with Crippen LogP contribution in [0.2, 0.25) is 0 Å². The first-order chi connectivity index (χ1) is 11.7. The standard InChI is InChI=1S/C20H28O5/c1-10(2)8-14(22)25-19-15-11(3)9-24-18(15)17(23)16-13(21)7-6-12(4)20(16,19)5/h9-10,12,16-17,19,23H,6-8H2,1-5H3. The van der Waals surface area contributed by atoms with E-state index >= 15 is 0 Å². The number of carbonyl (C=O) groups is 2. The van der Waals surface area contributed by atoms with E-state index in [9.17, 15) is 14.7 Å². The molecule has 0 bridgehead atoms. The van der Waals surface area contributed by atoms with E-state index in [0.29, 0.717) is 18.6 Å². The normalized spacial score (nSPS) is 34.6. The number of carbonyl (C=O) groups excluding carboxylic acids is 2. The van der Waals surface area contributed by atoms with Crippen LogP contribution < -0.4 is 0 Å². The molecule has 5 atom stereocenters. The highest BCUT2D eigenvalue weighted by molar-refractivity contribution is 5.84. The summed E-state index contributed by atoms with van der Waals surface area (Å²) in [6.45, 7) is 9.88. The molecule has 1 N–H and O–H groups in total. The fourth-order valence-electron chi connectivity index (χ4n) is 4.62. The molecule has 5 nitrogen and oxygen atoms in total. The van der Waals surface area contributed by atoms with Crippen molar-refractivity contribution in [3.8, 4) is 0 Å². The summed E-state index contributed by atoms with van der Waals surface area (Å²) in [5.41, 5.74) is 0.953.